The number of ether oxygens (including phenoxy) is 1. The Hall–Kier alpha value is -4.66. The molecule has 0 radical (unpaired) electrons. The number of azo groups is 1. The maximum absolute atomic E-state index is 12.9. The number of methoxy groups -OCH3 is 1. The molecule has 0 aromatic heterocycles. The molecule has 1 N–H and O–H groups in total. The molecule has 4 rings (SSSR count). The lowest BCUT2D eigenvalue weighted by Gasteiger charge is -2.28. The van der Waals surface area contributed by atoms with Crippen LogP contribution < -0.4 is 15.0 Å². The summed E-state index contributed by atoms with van der Waals surface area (Å²) in [6.07, 6.45) is 1.22. The fraction of sp³-hybridized carbons (Fsp3) is 0.0833. The minimum Gasteiger partial charge on any atom is -0.497 e. The van der Waals surface area contributed by atoms with Crippen LogP contribution >= 0.6 is 0 Å². The molecule has 3 aromatic carbocycles. The van der Waals surface area contributed by atoms with Crippen LogP contribution in [-0.4, -0.2) is 31.2 Å². The number of anilines is 1. The summed E-state index contributed by atoms with van der Waals surface area (Å²) in [4.78, 5) is 42.7. The van der Waals surface area contributed by atoms with Crippen LogP contribution in [0.2, 0.25) is 0 Å². The monoisotopic (exact) mass is 441 g/mol. The van der Waals surface area contributed by atoms with Gasteiger partial charge in [0.1, 0.15) is 5.75 Å². The molecule has 1 heterocycles. The van der Waals surface area contributed by atoms with Crippen molar-refractivity contribution < 1.29 is 19.1 Å². The third-order valence-electron chi connectivity index (χ3n) is 4.77. The standard InChI is InChI=1S/C24H19N5O4/c1-33-20-9-5-8-19(14-20)29-23(31)21(22(30)26-24(29)32)15-25-16-10-12-18(13-11-16)28-27-17-6-3-2-4-7-17/h2-15,21H,1H3,(H,26,30,32)/t21-/m0/s1. The summed E-state index contributed by atoms with van der Waals surface area (Å²) < 4.78 is 5.14. The number of amides is 4. The van der Waals surface area contributed by atoms with Gasteiger partial charge in [0.2, 0.25) is 5.91 Å². The van der Waals surface area contributed by atoms with Crippen molar-refractivity contribution >= 4 is 46.8 Å². The van der Waals surface area contributed by atoms with E-state index in [2.05, 4.69) is 20.5 Å². The molecule has 1 saturated heterocycles. The number of barbiturate groups is 1. The molecular formula is C24H19N5O4. The fourth-order valence-electron chi connectivity index (χ4n) is 3.09. The Morgan fingerprint density at radius 1 is 0.848 bits per heavy atom. The van der Waals surface area contributed by atoms with Gasteiger partial charge in [-0.15, -0.1) is 0 Å². The van der Waals surface area contributed by atoms with Crippen LogP contribution in [0.3, 0.4) is 0 Å². The van der Waals surface area contributed by atoms with Gasteiger partial charge in [-0.1, -0.05) is 24.3 Å². The van der Waals surface area contributed by atoms with Crippen LogP contribution in [0, 0.1) is 5.92 Å². The van der Waals surface area contributed by atoms with E-state index in [-0.39, 0.29) is 5.69 Å². The summed E-state index contributed by atoms with van der Waals surface area (Å²) in [7, 11) is 1.48. The highest BCUT2D eigenvalue weighted by Crippen LogP contribution is 2.25. The van der Waals surface area contributed by atoms with Crippen molar-refractivity contribution in [2.24, 2.45) is 21.1 Å². The Morgan fingerprint density at radius 3 is 2.21 bits per heavy atom. The van der Waals surface area contributed by atoms with Crippen molar-refractivity contribution in [3.8, 4) is 5.75 Å². The number of aliphatic imine (C=N–C) groups is 1. The Labute approximate surface area is 189 Å². The number of rotatable bonds is 6. The highest BCUT2D eigenvalue weighted by molar-refractivity contribution is 6.32. The van der Waals surface area contributed by atoms with Gasteiger partial charge < -0.3 is 4.74 Å². The van der Waals surface area contributed by atoms with Gasteiger partial charge in [-0.05, 0) is 48.5 Å². The smallest absolute Gasteiger partial charge is 0.335 e. The lowest BCUT2D eigenvalue weighted by atomic mass is 10.1. The highest BCUT2D eigenvalue weighted by atomic mass is 16.5. The zero-order valence-corrected chi connectivity index (χ0v) is 17.6. The molecule has 4 amide bonds. The van der Waals surface area contributed by atoms with Crippen LogP contribution in [0.5, 0.6) is 5.75 Å². The van der Waals surface area contributed by atoms with E-state index in [1.807, 2.05) is 30.3 Å². The number of carbonyl (C=O) groups is 3. The normalized spacial score (nSPS) is 16.5. The van der Waals surface area contributed by atoms with E-state index < -0.39 is 23.8 Å². The lowest BCUT2D eigenvalue weighted by Crippen LogP contribution is -2.58. The first kappa shape index (κ1) is 21.6. The Balaban J connectivity index is 1.49. The first-order valence-corrected chi connectivity index (χ1v) is 9.99. The zero-order chi connectivity index (χ0) is 23.2. The van der Waals surface area contributed by atoms with Crippen LogP contribution in [0.4, 0.5) is 27.5 Å². The molecule has 9 heteroatoms. The van der Waals surface area contributed by atoms with E-state index >= 15 is 0 Å². The second kappa shape index (κ2) is 9.65. The van der Waals surface area contributed by atoms with Crippen LogP contribution in [-0.2, 0) is 9.59 Å². The SMILES string of the molecule is COc1cccc(N2C(=O)NC(=O)[C@H](C=Nc3ccc(N=Nc4ccccc4)cc3)C2=O)c1. The summed E-state index contributed by atoms with van der Waals surface area (Å²) in [6, 6.07) is 21.7. The molecule has 1 aliphatic rings. The van der Waals surface area contributed by atoms with Gasteiger partial charge in [0, 0.05) is 12.3 Å². The summed E-state index contributed by atoms with van der Waals surface area (Å²) in [6.45, 7) is 0. The predicted molar refractivity (Wildman–Crippen MR) is 123 cm³/mol. The summed E-state index contributed by atoms with van der Waals surface area (Å²) in [5.74, 6) is -2.22. The molecule has 0 saturated carbocycles. The van der Waals surface area contributed by atoms with Crippen LogP contribution in [0.15, 0.2) is 94.1 Å². The number of hydrogen-bond donors (Lipinski definition) is 1. The number of urea groups is 1. The van der Waals surface area contributed by atoms with Gasteiger partial charge in [0.05, 0.1) is 29.9 Å². The molecule has 164 valence electrons. The van der Waals surface area contributed by atoms with Gasteiger partial charge in [-0.3, -0.25) is 19.9 Å². The first-order valence-electron chi connectivity index (χ1n) is 9.99. The van der Waals surface area contributed by atoms with Crippen molar-refractivity contribution in [1.29, 1.82) is 0 Å². The Bertz CT molecular complexity index is 1240. The minimum absolute atomic E-state index is 0.288. The van der Waals surface area contributed by atoms with E-state index in [1.165, 1.54) is 19.4 Å². The maximum atomic E-state index is 12.9. The average Bonchev–Trinajstić information content (AvgIpc) is 2.84. The molecule has 1 fully saturated rings. The predicted octanol–water partition coefficient (Wildman–Crippen LogP) is 4.71. The molecule has 9 nitrogen and oxygen atoms in total. The largest absolute Gasteiger partial charge is 0.497 e. The number of imide groups is 2. The fourth-order valence-corrected chi connectivity index (χ4v) is 3.09. The van der Waals surface area contributed by atoms with Gasteiger partial charge >= 0.3 is 6.03 Å². The maximum Gasteiger partial charge on any atom is 0.335 e. The third-order valence-corrected chi connectivity index (χ3v) is 4.77. The summed E-state index contributed by atoms with van der Waals surface area (Å²) >= 11 is 0. The molecule has 0 spiro atoms. The Kier molecular flexibility index (Phi) is 6.31. The number of benzene rings is 3. The van der Waals surface area contributed by atoms with Crippen LogP contribution in [0.25, 0.3) is 0 Å². The van der Waals surface area contributed by atoms with Gasteiger partial charge in [0.15, 0.2) is 5.92 Å². The second-order valence-electron chi connectivity index (χ2n) is 6.98. The van der Waals surface area contributed by atoms with E-state index in [9.17, 15) is 14.4 Å². The Morgan fingerprint density at radius 2 is 1.52 bits per heavy atom. The molecule has 0 bridgehead atoms. The molecule has 1 aliphatic heterocycles. The molecule has 33 heavy (non-hydrogen) atoms. The van der Waals surface area contributed by atoms with E-state index in [0.717, 1.165) is 10.6 Å². The molecule has 3 aromatic rings. The number of nitrogens with zero attached hydrogens (tertiary/aromatic N) is 4. The first-order chi connectivity index (χ1) is 16.0. The van der Waals surface area contributed by atoms with Crippen molar-refractivity contribution in [3.05, 3.63) is 78.9 Å². The quantitative estimate of drug-likeness (QED) is 0.339. The van der Waals surface area contributed by atoms with Crippen molar-refractivity contribution in [1.82, 2.24) is 5.32 Å². The summed E-state index contributed by atoms with van der Waals surface area (Å²) in [5.41, 5.74) is 2.16. The van der Waals surface area contributed by atoms with Crippen LogP contribution in [0.1, 0.15) is 0 Å². The number of carbonyl (C=O) groups excluding carboxylic acids is 3. The zero-order valence-electron chi connectivity index (χ0n) is 17.6. The molecule has 0 aliphatic carbocycles. The average molecular weight is 441 g/mol. The van der Waals surface area contributed by atoms with Crippen molar-refractivity contribution in [2.75, 3.05) is 12.0 Å². The molecular weight excluding hydrogens is 422 g/mol. The lowest BCUT2D eigenvalue weighted by molar-refractivity contribution is -0.131. The van der Waals surface area contributed by atoms with E-state index in [1.54, 1.807) is 42.5 Å². The van der Waals surface area contributed by atoms with Crippen molar-refractivity contribution in [2.45, 2.75) is 0 Å². The third kappa shape index (κ3) is 4.99. The van der Waals surface area contributed by atoms with Crippen molar-refractivity contribution in [3.63, 3.8) is 0 Å². The van der Waals surface area contributed by atoms with E-state index in [0.29, 0.717) is 17.1 Å². The number of hydrogen-bond acceptors (Lipinski definition) is 7. The van der Waals surface area contributed by atoms with Gasteiger partial charge in [0.25, 0.3) is 5.91 Å². The minimum atomic E-state index is -1.26. The van der Waals surface area contributed by atoms with Gasteiger partial charge in [-0.2, -0.15) is 10.2 Å². The second-order valence-corrected chi connectivity index (χ2v) is 6.98. The highest BCUT2D eigenvalue weighted by Gasteiger charge is 2.40. The number of nitrogens with one attached hydrogen (secondary N) is 1. The molecule has 0 unspecified atom stereocenters. The topological polar surface area (TPSA) is 113 Å². The van der Waals surface area contributed by atoms with Gasteiger partial charge in [-0.25, -0.2) is 9.69 Å². The summed E-state index contributed by atoms with van der Waals surface area (Å²) in [5, 5.41) is 10.5. The molecule has 1 atom stereocenters. The van der Waals surface area contributed by atoms with E-state index in [4.69, 9.17) is 4.74 Å².